The number of rotatable bonds is 9. The van der Waals surface area contributed by atoms with Gasteiger partial charge < -0.3 is 14.1 Å². The van der Waals surface area contributed by atoms with Crippen molar-refractivity contribution in [1.82, 2.24) is 34.7 Å². The first-order chi connectivity index (χ1) is 17.3. The Bertz CT molecular complexity index is 1550. The molecule has 0 aliphatic heterocycles. The van der Waals surface area contributed by atoms with Gasteiger partial charge in [-0.3, -0.25) is 4.79 Å². The van der Waals surface area contributed by atoms with E-state index in [4.69, 9.17) is 9.57 Å². The number of ketones is 1. The Labute approximate surface area is 208 Å². The number of fused-ring (bicyclic) bond motifs is 2. The van der Waals surface area contributed by atoms with E-state index in [1.165, 1.54) is 11.2 Å². The number of aromatic nitrogens is 7. The quantitative estimate of drug-likeness (QED) is 0.167. The van der Waals surface area contributed by atoms with E-state index >= 15 is 0 Å². The second kappa shape index (κ2) is 9.59. The van der Waals surface area contributed by atoms with Crippen LogP contribution in [0.4, 0.5) is 0 Å². The number of aryl methyl sites for hydroxylation is 1. The third-order valence-corrected chi connectivity index (χ3v) is 7.54. The van der Waals surface area contributed by atoms with Crippen LogP contribution in [0.25, 0.3) is 22.2 Å². The molecule has 0 saturated heterocycles. The fourth-order valence-corrected chi connectivity index (χ4v) is 4.59. The van der Waals surface area contributed by atoms with Crippen molar-refractivity contribution in [2.45, 2.75) is 39.3 Å². The van der Waals surface area contributed by atoms with E-state index in [0.29, 0.717) is 39.9 Å². The molecule has 0 saturated carbocycles. The second-order valence-corrected chi connectivity index (χ2v) is 15.4. The third-order valence-electron chi connectivity index (χ3n) is 5.83. The molecular formula is C25H27N7O3Si. The molecule has 0 radical (unpaired) electrons. The molecule has 1 aromatic carbocycles. The molecule has 0 aliphatic carbocycles. The number of nitrogens with zero attached hydrogens (tertiary/aromatic N) is 7. The molecule has 10 nitrogen and oxygen atoms in total. The lowest BCUT2D eigenvalue weighted by Crippen LogP contribution is -2.22. The molecule has 36 heavy (non-hydrogen) atoms. The summed E-state index contributed by atoms with van der Waals surface area (Å²) in [5, 5.41) is 8.59. The van der Waals surface area contributed by atoms with Crippen LogP contribution >= 0.6 is 0 Å². The summed E-state index contributed by atoms with van der Waals surface area (Å²) < 4.78 is 7.79. The van der Waals surface area contributed by atoms with E-state index in [1.807, 2.05) is 35.8 Å². The van der Waals surface area contributed by atoms with Gasteiger partial charge in [-0.25, -0.2) is 9.97 Å². The Morgan fingerprint density at radius 1 is 1.00 bits per heavy atom. The van der Waals surface area contributed by atoms with Gasteiger partial charge in [-0.2, -0.15) is 4.98 Å². The Balaban J connectivity index is 1.57. The normalized spacial score (nSPS) is 11.9. The van der Waals surface area contributed by atoms with E-state index in [9.17, 15) is 4.79 Å². The highest BCUT2D eigenvalue weighted by molar-refractivity contribution is 6.76. The van der Waals surface area contributed by atoms with Crippen LogP contribution in [0, 0.1) is 6.92 Å². The molecule has 0 fully saturated rings. The van der Waals surface area contributed by atoms with Crippen molar-refractivity contribution in [2.24, 2.45) is 0 Å². The summed E-state index contributed by atoms with van der Waals surface area (Å²) >= 11 is 0. The van der Waals surface area contributed by atoms with Crippen molar-refractivity contribution >= 4 is 36.1 Å². The maximum Gasteiger partial charge on any atom is 0.262 e. The topological polar surface area (TPSA) is 110 Å². The molecule has 0 amide bonds. The monoisotopic (exact) mass is 501 g/mol. The standard InChI is InChI=1S/C25H27N7O3Si/c1-17-8-5-6-9-18(17)22(33)19-14-31(16-34-12-13-36(2,3)4)24-21(19)25(28-15-27-24)35-32-23-20(29-30-32)10-7-11-26-23/h5-11,14-15H,12-13,16H2,1-4H3. The van der Waals surface area contributed by atoms with E-state index in [2.05, 4.69) is 44.9 Å². The van der Waals surface area contributed by atoms with Crippen LogP contribution in [0.15, 0.2) is 55.1 Å². The van der Waals surface area contributed by atoms with Gasteiger partial charge in [0.2, 0.25) is 5.65 Å². The van der Waals surface area contributed by atoms with Crippen molar-refractivity contribution in [3.63, 3.8) is 0 Å². The first-order valence-corrected chi connectivity index (χ1v) is 15.4. The van der Waals surface area contributed by atoms with Crippen molar-refractivity contribution in [3.8, 4) is 5.88 Å². The molecule has 11 heteroatoms. The zero-order valence-corrected chi connectivity index (χ0v) is 21.7. The maximum atomic E-state index is 13.7. The number of benzene rings is 1. The highest BCUT2D eigenvalue weighted by Crippen LogP contribution is 2.30. The Kier molecular flexibility index (Phi) is 6.33. The molecule has 5 rings (SSSR count). The molecule has 0 bridgehead atoms. The molecule has 0 unspecified atom stereocenters. The van der Waals surface area contributed by atoms with Crippen molar-refractivity contribution in [1.29, 1.82) is 0 Å². The SMILES string of the molecule is Cc1ccccc1C(=O)c1cn(COCC[Si](C)(C)C)c2ncnc(On3nnc4cccnc43)c12. The van der Waals surface area contributed by atoms with Crippen LogP contribution in [0.1, 0.15) is 21.5 Å². The van der Waals surface area contributed by atoms with Crippen LogP contribution in [-0.2, 0) is 11.5 Å². The number of carbonyl (C=O) groups excluding carboxylic acids is 1. The third kappa shape index (κ3) is 4.75. The minimum absolute atomic E-state index is 0.153. The summed E-state index contributed by atoms with van der Waals surface area (Å²) in [6, 6.07) is 12.1. The summed E-state index contributed by atoms with van der Waals surface area (Å²) in [6.45, 7) is 9.72. The Morgan fingerprint density at radius 2 is 1.83 bits per heavy atom. The molecule has 184 valence electrons. The van der Waals surface area contributed by atoms with Crippen molar-refractivity contribution in [3.05, 3.63) is 71.8 Å². The summed E-state index contributed by atoms with van der Waals surface area (Å²) in [4.78, 5) is 34.0. The summed E-state index contributed by atoms with van der Waals surface area (Å²) in [5.41, 5.74) is 3.43. The van der Waals surface area contributed by atoms with E-state index in [1.54, 1.807) is 24.5 Å². The highest BCUT2D eigenvalue weighted by Gasteiger charge is 2.24. The Hall–Kier alpha value is -3.96. The van der Waals surface area contributed by atoms with Crippen LogP contribution in [0.2, 0.25) is 25.7 Å². The first kappa shape index (κ1) is 23.8. The van der Waals surface area contributed by atoms with Gasteiger partial charge in [0.05, 0.1) is 10.9 Å². The average molecular weight is 502 g/mol. The highest BCUT2D eigenvalue weighted by atomic mass is 28.3. The second-order valence-electron chi connectivity index (χ2n) is 9.78. The lowest BCUT2D eigenvalue weighted by Gasteiger charge is -2.15. The van der Waals surface area contributed by atoms with Crippen LogP contribution in [0.3, 0.4) is 0 Å². The van der Waals surface area contributed by atoms with Gasteiger partial charge in [0.15, 0.2) is 5.78 Å². The van der Waals surface area contributed by atoms with Gasteiger partial charge >= 0.3 is 0 Å². The van der Waals surface area contributed by atoms with E-state index in [-0.39, 0.29) is 18.4 Å². The van der Waals surface area contributed by atoms with Crippen LogP contribution < -0.4 is 4.84 Å². The molecule has 4 heterocycles. The lowest BCUT2D eigenvalue weighted by molar-refractivity contribution is 0.0896. The smallest absolute Gasteiger partial charge is 0.262 e. The van der Waals surface area contributed by atoms with Gasteiger partial charge in [-0.05, 0) is 35.9 Å². The number of hydrogen-bond donors (Lipinski definition) is 0. The molecule has 5 aromatic rings. The summed E-state index contributed by atoms with van der Waals surface area (Å²) in [6.07, 6.45) is 4.78. The fourth-order valence-electron chi connectivity index (χ4n) is 3.84. The molecule has 0 aliphatic rings. The number of hydrogen-bond acceptors (Lipinski definition) is 8. The predicted molar refractivity (Wildman–Crippen MR) is 138 cm³/mol. The van der Waals surface area contributed by atoms with E-state index in [0.717, 1.165) is 11.6 Å². The molecule has 0 N–H and O–H groups in total. The Morgan fingerprint density at radius 3 is 2.64 bits per heavy atom. The molecule has 4 aromatic heterocycles. The van der Waals surface area contributed by atoms with Crippen LogP contribution in [-0.4, -0.2) is 55.1 Å². The minimum Gasteiger partial charge on any atom is -0.361 e. The fraction of sp³-hybridized carbons (Fsp3) is 0.280. The van der Waals surface area contributed by atoms with Gasteiger partial charge in [-0.15, -0.1) is 5.10 Å². The maximum absolute atomic E-state index is 13.7. The number of ether oxygens (including phenoxy) is 1. The largest absolute Gasteiger partial charge is 0.361 e. The zero-order valence-electron chi connectivity index (χ0n) is 20.7. The predicted octanol–water partition coefficient (Wildman–Crippen LogP) is 4.26. The molecule has 0 atom stereocenters. The summed E-state index contributed by atoms with van der Waals surface area (Å²) in [5.74, 6) is 0.0235. The lowest BCUT2D eigenvalue weighted by atomic mass is 9.99. The molecule has 0 spiro atoms. The van der Waals surface area contributed by atoms with Gasteiger partial charge in [0, 0.05) is 32.6 Å². The van der Waals surface area contributed by atoms with Gasteiger partial charge in [0.25, 0.3) is 5.88 Å². The number of pyridine rings is 1. The van der Waals surface area contributed by atoms with Gasteiger partial charge in [-0.1, -0.05) is 48.8 Å². The summed E-state index contributed by atoms with van der Waals surface area (Å²) in [7, 11) is -1.24. The first-order valence-electron chi connectivity index (χ1n) is 11.7. The minimum atomic E-state index is -1.24. The van der Waals surface area contributed by atoms with Crippen molar-refractivity contribution in [2.75, 3.05) is 6.61 Å². The van der Waals surface area contributed by atoms with Crippen molar-refractivity contribution < 1.29 is 14.4 Å². The van der Waals surface area contributed by atoms with E-state index < -0.39 is 8.07 Å². The van der Waals surface area contributed by atoms with Crippen LogP contribution in [0.5, 0.6) is 5.88 Å². The van der Waals surface area contributed by atoms with Gasteiger partial charge in [0.1, 0.15) is 24.2 Å². The molecular weight excluding hydrogens is 474 g/mol. The number of carbonyl (C=O) groups is 1. The zero-order chi connectivity index (χ0) is 25.3. The average Bonchev–Trinajstić information content (AvgIpc) is 3.43.